The highest BCUT2D eigenvalue weighted by atomic mass is 32.2. The highest BCUT2D eigenvalue weighted by Gasteiger charge is 2.74. The molecule has 0 aromatic heterocycles. The molecule has 0 aliphatic carbocycles. The van der Waals surface area contributed by atoms with Gasteiger partial charge in [-0.15, -0.1) is 11.8 Å². The third kappa shape index (κ3) is 7.23. The topological polar surface area (TPSA) is 276 Å². The number of aromatic hydroxyl groups is 1. The number of carbonyl (C=O) groups excluding carboxylic acids is 6. The van der Waals surface area contributed by atoms with Gasteiger partial charge in [0.25, 0.3) is 11.6 Å². The Labute approximate surface area is 287 Å². The summed E-state index contributed by atoms with van der Waals surface area (Å²) in [6.45, 7) is 2.60. The molecular formula is C30H33N7O12S. The number of nitro groups is 1. The van der Waals surface area contributed by atoms with Crippen LogP contribution in [0.25, 0.3) is 0 Å². The minimum atomic E-state index is -2.36. The van der Waals surface area contributed by atoms with Crippen molar-refractivity contribution < 1.29 is 53.4 Å². The number of aliphatic carboxylic acids is 1. The van der Waals surface area contributed by atoms with Crippen molar-refractivity contribution in [1.82, 2.24) is 31.5 Å². The Kier molecular flexibility index (Phi) is 10.8. The van der Waals surface area contributed by atoms with E-state index in [0.29, 0.717) is 12.0 Å². The number of nitrogens with zero attached hydrogens (tertiary/aromatic N) is 2. The highest BCUT2D eigenvalue weighted by molar-refractivity contribution is 8.01. The smallest absolute Gasteiger partial charge is 0.408 e. The molecule has 4 rings (SSSR count). The molecule has 2 aliphatic rings. The average molecular weight is 716 g/mol. The van der Waals surface area contributed by atoms with Gasteiger partial charge in [-0.25, -0.2) is 9.59 Å². The first kappa shape index (κ1) is 36.9. The molecule has 2 heterocycles. The molecule has 2 aromatic rings. The number of hydrogen-bond donors (Lipinski definition) is 7. The lowest BCUT2D eigenvalue weighted by Gasteiger charge is -2.49. The lowest BCUT2D eigenvalue weighted by Crippen LogP contribution is -2.80. The maximum atomic E-state index is 14.1. The number of nitrogens with one attached hydrogen (secondary N) is 5. The minimum absolute atomic E-state index is 0.0454. The fraction of sp³-hybridized carbons (Fsp3) is 0.367. The van der Waals surface area contributed by atoms with E-state index in [1.807, 2.05) is 0 Å². The summed E-state index contributed by atoms with van der Waals surface area (Å²) in [5, 5.41) is 42.1. The zero-order valence-corrected chi connectivity index (χ0v) is 27.5. The second-order valence-corrected chi connectivity index (χ2v) is 13.3. The van der Waals surface area contributed by atoms with Crippen molar-refractivity contribution >= 4 is 59.6 Å². The standard InChI is InChI=1S/C30H33N7O12S/c1-29(2)30(27(44)45,36-25(43)22(32-14-38)26(36)50-29)35-24(42)21(16-6-10-18(39)11-7-16)34-23(41)19(12-20(40)31-3)33-28(46)49-13-15-4-8-17(9-5-15)37(47)48/h4-11,14,19,21-22,26,39H,12-13H2,1-3H3,(H,31,40)(H,32,38)(H,33,46)(H,34,41)(H,35,42)(H,44,45)/t19?,21?,22-,26+,30-/m0/s1. The number of fused-ring (bicyclic) bond motifs is 1. The summed E-state index contributed by atoms with van der Waals surface area (Å²) < 4.78 is 3.74. The Morgan fingerprint density at radius 3 is 2.26 bits per heavy atom. The summed E-state index contributed by atoms with van der Waals surface area (Å²) >= 11 is 1.03. The number of carbonyl (C=O) groups is 7. The van der Waals surface area contributed by atoms with Crippen LogP contribution >= 0.6 is 11.8 Å². The zero-order valence-electron chi connectivity index (χ0n) is 26.7. The predicted molar refractivity (Wildman–Crippen MR) is 172 cm³/mol. The zero-order chi connectivity index (χ0) is 37.0. The van der Waals surface area contributed by atoms with E-state index < -0.39 is 80.9 Å². The Hall–Kier alpha value is -5.92. The summed E-state index contributed by atoms with van der Waals surface area (Å²) in [5.41, 5.74) is -2.13. The number of phenols is 1. The van der Waals surface area contributed by atoms with Crippen molar-refractivity contribution in [3.8, 4) is 5.75 Å². The van der Waals surface area contributed by atoms with Gasteiger partial charge in [-0.2, -0.15) is 0 Å². The monoisotopic (exact) mass is 715 g/mol. The van der Waals surface area contributed by atoms with Crippen LogP contribution in [0.3, 0.4) is 0 Å². The molecule has 2 aliphatic heterocycles. The van der Waals surface area contributed by atoms with E-state index in [0.717, 1.165) is 16.7 Å². The number of alkyl carbamates (subject to hydrolysis) is 1. The van der Waals surface area contributed by atoms with Gasteiger partial charge in [-0.3, -0.25) is 39.0 Å². The van der Waals surface area contributed by atoms with Crippen molar-refractivity contribution in [2.24, 2.45) is 0 Å². The maximum Gasteiger partial charge on any atom is 0.408 e. The number of ether oxygens (including phenoxy) is 1. The Morgan fingerprint density at radius 1 is 1.06 bits per heavy atom. The molecule has 266 valence electrons. The third-order valence-electron chi connectivity index (χ3n) is 8.12. The molecule has 50 heavy (non-hydrogen) atoms. The molecule has 5 atom stereocenters. The number of β-lactam (4-membered cyclic amide) rings is 1. The lowest BCUT2D eigenvalue weighted by atomic mass is 9.88. The van der Waals surface area contributed by atoms with Crippen molar-refractivity contribution in [3.05, 3.63) is 69.8 Å². The molecule has 2 saturated heterocycles. The van der Waals surface area contributed by atoms with Gasteiger partial charge in [-0.1, -0.05) is 12.1 Å². The SMILES string of the molecule is CNC(=O)CC(NC(=O)OCc1ccc([N+](=O)[O-])cc1)C(=O)NC(C(=O)N[C@@]1(C(=O)O)N2C(=O)[C@H](NC=O)[C@H]2SC1(C)C)c1ccc(O)cc1. The van der Waals surface area contributed by atoms with Crippen LogP contribution in [-0.4, -0.2) is 97.1 Å². The van der Waals surface area contributed by atoms with Crippen LogP contribution in [0.2, 0.25) is 0 Å². The second-order valence-electron chi connectivity index (χ2n) is 11.6. The molecule has 0 bridgehead atoms. The van der Waals surface area contributed by atoms with Gasteiger partial charge in [0.05, 0.1) is 16.1 Å². The first-order valence-corrected chi connectivity index (χ1v) is 15.7. The van der Waals surface area contributed by atoms with Crippen LogP contribution in [0.5, 0.6) is 5.75 Å². The average Bonchev–Trinajstić information content (AvgIpc) is 3.28. The van der Waals surface area contributed by atoms with E-state index in [4.69, 9.17) is 4.74 Å². The Bertz CT molecular complexity index is 1700. The van der Waals surface area contributed by atoms with Gasteiger partial charge in [-0.05, 0) is 49.2 Å². The number of carboxylic acids is 1. The molecule has 20 heteroatoms. The van der Waals surface area contributed by atoms with Crippen LogP contribution in [0, 0.1) is 10.1 Å². The van der Waals surface area contributed by atoms with Crippen LogP contribution in [-0.2, 0) is 40.1 Å². The number of rotatable bonds is 14. The fourth-order valence-corrected chi connectivity index (χ4v) is 7.18. The molecule has 19 nitrogen and oxygen atoms in total. The van der Waals surface area contributed by atoms with E-state index in [1.165, 1.54) is 69.4 Å². The summed E-state index contributed by atoms with van der Waals surface area (Å²) in [6, 6.07) is 5.64. The summed E-state index contributed by atoms with van der Waals surface area (Å²) in [5.74, 6) is -5.45. The largest absolute Gasteiger partial charge is 0.508 e. The molecule has 0 spiro atoms. The quantitative estimate of drug-likeness (QED) is 0.0568. The number of phenolic OH excluding ortho intramolecular Hbond substituents is 1. The van der Waals surface area contributed by atoms with Gasteiger partial charge >= 0.3 is 12.1 Å². The van der Waals surface area contributed by atoms with Gasteiger partial charge in [0, 0.05) is 19.2 Å². The molecule has 7 N–H and O–H groups in total. The number of amides is 6. The number of nitro benzene ring substituents is 1. The van der Waals surface area contributed by atoms with Crippen molar-refractivity contribution in [3.63, 3.8) is 0 Å². The van der Waals surface area contributed by atoms with Crippen molar-refractivity contribution in [1.29, 1.82) is 0 Å². The molecule has 0 radical (unpaired) electrons. The van der Waals surface area contributed by atoms with E-state index in [2.05, 4.69) is 26.6 Å². The van der Waals surface area contributed by atoms with E-state index in [-0.39, 0.29) is 23.6 Å². The van der Waals surface area contributed by atoms with Crippen LogP contribution in [0.4, 0.5) is 10.5 Å². The highest BCUT2D eigenvalue weighted by Crippen LogP contribution is 2.55. The fourth-order valence-electron chi connectivity index (χ4n) is 5.47. The minimum Gasteiger partial charge on any atom is -0.508 e. The van der Waals surface area contributed by atoms with Gasteiger partial charge in [0.15, 0.2) is 0 Å². The third-order valence-corrected chi connectivity index (χ3v) is 9.73. The van der Waals surface area contributed by atoms with Crippen LogP contribution < -0.4 is 26.6 Å². The van der Waals surface area contributed by atoms with Crippen LogP contribution in [0.1, 0.15) is 37.4 Å². The molecule has 0 saturated carbocycles. The molecule has 6 amide bonds. The number of thioether (sulfide) groups is 1. The van der Waals surface area contributed by atoms with Crippen molar-refractivity contribution in [2.45, 2.75) is 60.8 Å². The van der Waals surface area contributed by atoms with Gasteiger partial charge in [0.2, 0.25) is 29.8 Å². The van der Waals surface area contributed by atoms with E-state index in [9.17, 15) is 53.9 Å². The Morgan fingerprint density at radius 2 is 1.70 bits per heavy atom. The number of non-ortho nitro benzene ring substituents is 1. The number of carboxylic acid groups (broad SMARTS) is 1. The Balaban J connectivity index is 1.59. The van der Waals surface area contributed by atoms with Gasteiger partial charge in [0.1, 0.15) is 35.9 Å². The van der Waals surface area contributed by atoms with Crippen LogP contribution in [0.15, 0.2) is 48.5 Å². The van der Waals surface area contributed by atoms with E-state index >= 15 is 0 Å². The predicted octanol–water partition coefficient (Wildman–Crippen LogP) is -0.406. The van der Waals surface area contributed by atoms with E-state index in [1.54, 1.807) is 0 Å². The van der Waals surface area contributed by atoms with Crippen molar-refractivity contribution in [2.75, 3.05) is 7.05 Å². The normalized spacial score (nSPS) is 21.3. The summed E-state index contributed by atoms with van der Waals surface area (Å²) in [7, 11) is 1.28. The second kappa shape index (κ2) is 14.7. The number of benzene rings is 2. The first-order chi connectivity index (χ1) is 23.6. The first-order valence-electron chi connectivity index (χ1n) is 14.8. The molecule has 2 unspecified atom stereocenters. The summed E-state index contributed by atoms with van der Waals surface area (Å²) in [6.07, 6.45) is -1.48. The van der Waals surface area contributed by atoms with Gasteiger partial charge < -0.3 is 41.5 Å². The molecular weight excluding hydrogens is 682 g/mol. The number of hydrogen-bond acceptors (Lipinski definition) is 12. The molecule has 2 aromatic carbocycles. The summed E-state index contributed by atoms with van der Waals surface area (Å²) in [4.78, 5) is 101. The maximum absolute atomic E-state index is 14.1. The molecule has 2 fully saturated rings. The lowest BCUT2D eigenvalue weighted by molar-refractivity contribution is -0.384.